The third-order valence-electron chi connectivity index (χ3n) is 2.51. The molecule has 0 aromatic rings. The molecule has 0 aliphatic heterocycles. The molecule has 1 aliphatic carbocycles. The highest BCUT2D eigenvalue weighted by molar-refractivity contribution is 5.77. The van der Waals surface area contributed by atoms with Gasteiger partial charge in [0.05, 0.1) is 12.6 Å². The summed E-state index contributed by atoms with van der Waals surface area (Å²) in [4.78, 5) is 11.3. The summed E-state index contributed by atoms with van der Waals surface area (Å²) in [5, 5.41) is 6.03. The highest BCUT2D eigenvalue weighted by Crippen LogP contribution is 2.27. The second-order valence-corrected chi connectivity index (χ2v) is 4.70. The maximum atomic E-state index is 11.3. The second kappa shape index (κ2) is 7.63. The summed E-state index contributed by atoms with van der Waals surface area (Å²) in [6.07, 6.45) is 3.80. The summed E-state index contributed by atoms with van der Waals surface area (Å²) < 4.78 is 5.38. The summed E-state index contributed by atoms with van der Waals surface area (Å²) in [6, 6.07) is 0. The summed E-state index contributed by atoms with van der Waals surface area (Å²) in [5.41, 5.74) is 0. The largest absolute Gasteiger partial charge is 0.379 e. The fourth-order valence-electron chi connectivity index (χ4n) is 1.39. The Morgan fingerprint density at radius 2 is 2.19 bits per heavy atom. The first-order valence-electron chi connectivity index (χ1n) is 6.27. The van der Waals surface area contributed by atoms with E-state index >= 15 is 0 Å². The number of carbonyl (C=O) groups is 1. The van der Waals surface area contributed by atoms with Crippen LogP contribution in [0.3, 0.4) is 0 Å². The highest BCUT2D eigenvalue weighted by atomic mass is 16.5. The molecule has 0 radical (unpaired) electrons. The van der Waals surface area contributed by atoms with Crippen LogP contribution in [0.15, 0.2) is 0 Å². The van der Waals surface area contributed by atoms with Crippen LogP contribution in [0.1, 0.15) is 33.1 Å². The van der Waals surface area contributed by atoms with Gasteiger partial charge in [0.25, 0.3) is 0 Å². The van der Waals surface area contributed by atoms with Gasteiger partial charge in [-0.1, -0.05) is 0 Å². The van der Waals surface area contributed by atoms with Crippen molar-refractivity contribution in [2.45, 2.75) is 39.2 Å². The van der Waals surface area contributed by atoms with Crippen LogP contribution in [0.5, 0.6) is 0 Å². The minimum atomic E-state index is 0.0881. The number of ether oxygens (including phenoxy) is 1. The standard InChI is InChI=1S/C12H24N2O2/c1-10(2)16-7-3-6-14-12(15)9-13-8-11-4-5-11/h10-11,13H,3-9H2,1-2H3,(H,14,15). The average Bonchev–Trinajstić information content (AvgIpc) is 3.00. The first-order valence-corrected chi connectivity index (χ1v) is 6.27. The molecule has 0 aromatic carbocycles. The monoisotopic (exact) mass is 228 g/mol. The zero-order chi connectivity index (χ0) is 11.8. The van der Waals surface area contributed by atoms with Crippen molar-refractivity contribution in [1.29, 1.82) is 0 Å². The van der Waals surface area contributed by atoms with Gasteiger partial charge in [0.1, 0.15) is 0 Å². The van der Waals surface area contributed by atoms with Crippen LogP contribution in [-0.2, 0) is 9.53 Å². The van der Waals surface area contributed by atoms with E-state index in [1.165, 1.54) is 12.8 Å². The van der Waals surface area contributed by atoms with E-state index in [2.05, 4.69) is 10.6 Å². The quantitative estimate of drug-likeness (QED) is 0.577. The maximum Gasteiger partial charge on any atom is 0.233 e. The fourth-order valence-corrected chi connectivity index (χ4v) is 1.39. The number of hydrogen-bond acceptors (Lipinski definition) is 3. The van der Waals surface area contributed by atoms with Crippen molar-refractivity contribution >= 4 is 5.91 Å². The van der Waals surface area contributed by atoms with Crippen molar-refractivity contribution < 1.29 is 9.53 Å². The molecular formula is C12H24N2O2. The first-order chi connectivity index (χ1) is 7.68. The van der Waals surface area contributed by atoms with Crippen molar-refractivity contribution in [3.63, 3.8) is 0 Å². The molecule has 0 bridgehead atoms. The zero-order valence-electron chi connectivity index (χ0n) is 10.4. The van der Waals surface area contributed by atoms with Gasteiger partial charge in [-0.05, 0) is 45.6 Å². The van der Waals surface area contributed by atoms with Gasteiger partial charge in [-0.25, -0.2) is 0 Å². The molecule has 4 heteroatoms. The Morgan fingerprint density at radius 3 is 2.81 bits per heavy atom. The van der Waals surface area contributed by atoms with Gasteiger partial charge in [0.15, 0.2) is 0 Å². The van der Waals surface area contributed by atoms with E-state index < -0.39 is 0 Å². The van der Waals surface area contributed by atoms with Crippen molar-refractivity contribution in [1.82, 2.24) is 10.6 Å². The van der Waals surface area contributed by atoms with Gasteiger partial charge in [-0.15, -0.1) is 0 Å². The summed E-state index contributed by atoms with van der Waals surface area (Å²) in [7, 11) is 0. The van der Waals surface area contributed by atoms with E-state index in [0.29, 0.717) is 19.7 Å². The van der Waals surface area contributed by atoms with Crippen molar-refractivity contribution in [2.75, 3.05) is 26.2 Å². The van der Waals surface area contributed by atoms with Gasteiger partial charge in [0, 0.05) is 13.2 Å². The van der Waals surface area contributed by atoms with Crippen LogP contribution >= 0.6 is 0 Å². The number of hydrogen-bond donors (Lipinski definition) is 2. The lowest BCUT2D eigenvalue weighted by Crippen LogP contribution is -2.35. The van der Waals surface area contributed by atoms with Crippen LogP contribution < -0.4 is 10.6 Å². The van der Waals surface area contributed by atoms with Crippen LogP contribution in [0.2, 0.25) is 0 Å². The van der Waals surface area contributed by atoms with Crippen LogP contribution in [-0.4, -0.2) is 38.3 Å². The van der Waals surface area contributed by atoms with E-state index in [-0.39, 0.29) is 12.0 Å². The molecule has 0 heterocycles. The van der Waals surface area contributed by atoms with Gasteiger partial charge in [-0.2, -0.15) is 0 Å². The molecule has 2 N–H and O–H groups in total. The minimum absolute atomic E-state index is 0.0881. The van der Waals surface area contributed by atoms with Gasteiger partial charge >= 0.3 is 0 Å². The van der Waals surface area contributed by atoms with Crippen LogP contribution in [0.4, 0.5) is 0 Å². The zero-order valence-corrected chi connectivity index (χ0v) is 10.4. The summed E-state index contributed by atoms with van der Waals surface area (Å²) >= 11 is 0. The van der Waals surface area contributed by atoms with E-state index in [4.69, 9.17) is 4.74 Å². The molecule has 1 amide bonds. The molecule has 0 unspecified atom stereocenters. The Balaban J connectivity index is 1.81. The molecule has 4 nitrogen and oxygen atoms in total. The Bertz CT molecular complexity index is 203. The Morgan fingerprint density at radius 1 is 1.44 bits per heavy atom. The van der Waals surface area contributed by atoms with Crippen molar-refractivity contribution in [2.24, 2.45) is 5.92 Å². The Labute approximate surface area is 98.1 Å². The molecule has 0 spiro atoms. The molecule has 94 valence electrons. The lowest BCUT2D eigenvalue weighted by molar-refractivity contribution is -0.120. The van der Waals surface area contributed by atoms with Crippen LogP contribution in [0, 0.1) is 5.92 Å². The third kappa shape index (κ3) is 7.65. The summed E-state index contributed by atoms with van der Waals surface area (Å²) in [5.74, 6) is 0.914. The average molecular weight is 228 g/mol. The molecule has 1 saturated carbocycles. The van der Waals surface area contributed by atoms with Crippen molar-refractivity contribution in [3.8, 4) is 0 Å². The molecule has 16 heavy (non-hydrogen) atoms. The topological polar surface area (TPSA) is 50.4 Å². The number of nitrogens with one attached hydrogen (secondary N) is 2. The minimum Gasteiger partial charge on any atom is -0.379 e. The predicted molar refractivity (Wildman–Crippen MR) is 64.3 cm³/mol. The summed E-state index contributed by atoms with van der Waals surface area (Å²) in [6.45, 7) is 6.89. The number of carbonyl (C=O) groups excluding carboxylic acids is 1. The lowest BCUT2D eigenvalue weighted by atomic mass is 10.4. The van der Waals surface area contributed by atoms with Crippen molar-refractivity contribution in [3.05, 3.63) is 0 Å². The van der Waals surface area contributed by atoms with Gasteiger partial charge in [-0.3, -0.25) is 4.79 Å². The predicted octanol–water partition coefficient (Wildman–Crippen LogP) is 0.917. The van der Waals surface area contributed by atoms with E-state index in [0.717, 1.165) is 18.9 Å². The lowest BCUT2D eigenvalue weighted by Gasteiger charge is -2.08. The molecule has 1 fully saturated rings. The number of rotatable bonds is 9. The van der Waals surface area contributed by atoms with Crippen LogP contribution in [0.25, 0.3) is 0 Å². The number of amides is 1. The first kappa shape index (κ1) is 13.5. The fraction of sp³-hybridized carbons (Fsp3) is 0.917. The smallest absolute Gasteiger partial charge is 0.233 e. The normalized spacial score (nSPS) is 15.4. The molecule has 0 atom stereocenters. The van der Waals surface area contributed by atoms with E-state index in [1.807, 2.05) is 13.8 Å². The van der Waals surface area contributed by atoms with E-state index in [9.17, 15) is 4.79 Å². The second-order valence-electron chi connectivity index (χ2n) is 4.70. The molecule has 1 aliphatic rings. The maximum absolute atomic E-state index is 11.3. The van der Waals surface area contributed by atoms with E-state index in [1.54, 1.807) is 0 Å². The molecular weight excluding hydrogens is 204 g/mol. The van der Waals surface area contributed by atoms with Gasteiger partial charge < -0.3 is 15.4 Å². The molecule has 0 aromatic heterocycles. The SMILES string of the molecule is CC(C)OCCCNC(=O)CNCC1CC1. The molecule has 0 saturated heterocycles. The Kier molecular flexibility index (Phi) is 6.42. The van der Waals surface area contributed by atoms with Gasteiger partial charge in [0.2, 0.25) is 5.91 Å². The Hall–Kier alpha value is -0.610. The third-order valence-corrected chi connectivity index (χ3v) is 2.51. The molecule has 1 rings (SSSR count). The highest BCUT2D eigenvalue weighted by Gasteiger charge is 2.20.